The molecule has 0 saturated carbocycles. The number of rotatable bonds is 3. The summed E-state index contributed by atoms with van der Waals surface area (Å²) < 4.78 is 0. The predicted octanol–water partition coefficient (Wildman–Crippen LogP) is 3.65. The lowest BCUT2D eigenvalue weighted by atomic mass is 9.78. The Morgan fingerprint density at radius 2 is 2.00 bits per heavy atom. The van der Waals surface area contributed by atoms with E-state index < -0.39 is 0 Å². The Morgan fingerprint density at radius 3 is 2.47 bits per heavy atom. The predicted molar refractivity (Wildman–Crippen MR) is 86.9 cm³/mol. The molecule has 1 heterocycles. The van der Waals surface area contributed by atoms with Gasteiger partial charge in [0.15, 0.2) is 0 Å². The molecule has 3 heteroatoms. The molecule has 0 atom stereocenters. The van der Waals surface area contributed by atoms with Crippen LogP contribution in [-0.4, -0.2) is 18.1 Å². The maximum absolute atomic E-state index is 5.71. The van der Waals surface area contributed by atoms with Gasteiger partial charge < -0.3 is 10.6 Å². The number of benzene rings is 1. The Balaban J connectivity index is 2.12. The third-order valence-electron chi connectivity index (χ3n) is 4.66. The van der Waals surface area contributed by atoms with Crippen LogP contribution in [0.2, 0.25) is 0 Å². The molecule has 1 fully saturated rings. The summed E-state index contributed by atoms with van der Waals surface area (Å²) in [5.74, 6) is 0. The van der Waals surface area contributed by atoms with Gasteiger partial charge in [0.05, 0.1) is 0 Å². The topological polar surface area (TPSA) is 29.3 Å². The summed E-state index contributed by atoms with van der Waals surface area (Å²) in [6.07, 6.45) is 3.83. The van der Waals surface area contributed by atoms with E-state index in [0.29, 0.717) is 10.4 Å². The highest BCUT2D eigenvalue weighted by atomic mass is 32.1. The van der Waals surface area contributed by atoms with Crippen molar-refractivity contribution in [3.8, 4) is 0 Å². The number of hydrogen-bond donors (Lipinski definition) is 1. The van der Waals surface area contributed by atoms with Crippen molar-refractivity contribution in [3.63, 3.8) is 0 Å². The first kappa shape index (κ1) is 14.3. The minimum Gasteiger partial charge on any atom is -0.389 e. The second-order valence-corrected chi connectivity index (χ2v) is 6.45. The van der Waals surface area contributed by atoms with E-state index in [0.717, 1.165) is 18.7 Å². The Kier molecular flexibility index (Phi) is 4.14. The number of nitrogens with zero attached hydrogens (tertiary/aromatic N) is 1. The minimum atomic E-state index is 0.487. The summed E-state index contributed by atoms with van der Waals surface area (Å²) in [6, 6.07) is 6.42. The molecule has 1 saturated heterocycles. The molecule has 2 nitrogen and oxygen atoms in total. The molecule has 0 aromatic heterocycles. The average Bonchev–Trinajstić information content (AvgIpc) is 2.39. The molecule has 1 aliphatic heterocycles. The lowest BCUT2D eigenvalue weighted by molar-refractivity contribution is 0.238. The molecule has 1 aliphatic rings. The first-order valence-electron chi connectivity index (χ1n) is 7.10. The van der Waals surface area contributed by atoms with Gasteiger partial charge in [0.1, 0.15) is 4.99 Å². The van der Waals surface area contributed by atoms with Gasteiger partial charge in [-0.25, -0.2) is 0 Å². The standard InChI is InChI=1S/C16H24N2S/c1-4-16(3)7-9-18(10-8-16)13-5-6-14(15(17)19)12(2)11-13/h5-6,11H,4,7-10H2,1-3H3,(H2,17,19). The van der Waals surface area contributed by atoms with E-state index in [1.54, 1.807) is 0 Å². The van der Waals surface area contributed by atoms with Crippen LogP contribution in [0.15, 0.2) is 18.2 Å². The Labute approximate surface area is 122 Å². The molecule has 104 valence electrons. The summed E-state index contributed by atoms with van der Waals surface area (Å²) in [6.45, 7) is 9.09. The minimum absolute atomic E-state index is 0.487. The van der Waals surface area contributed by atoms with Crippen molar-refractivity contribution in [2.24, 2.45) is 11.1 Å². The fraction of sp³-hybridized carbons (Fsp3) is 0.562. The van der Waals surface area contributed by atoms with Crippen LogP contribution in [0.25, 0.3) is 0 Å². The molecule has 0 spiro atoms. The maximum atomic E-state index is 5.71. The van der Waals surface area contributed by atoms with Gasteiger partial charge in [-0.15, -0.1) is 0 Å². The molecule has 2 N–H and O–H groups in total. The van der Waals surface area contributed by atoms with E-state index in [1.807, 2.05) is 0 Å². The molecular weight excluding hydrogens is 252 g/mol. The van der Waals surface area contributed by atoms with Gasteiger partial charge in [0.2, 0.25) is 0 Å². The van der Waals surface area contributed by atoms with Gasteiger partial charge in [-0.1, -0.05) is 32.5 Å². The van der Waals surface area contributed by atoms with Crippen LogP contribution >= 0.6 is 12.2 Å². The van der Waals surface area contributed by atoms with Crippen LogP contribution in [0.5, 0.6) is 0 Å². The normalized spacial score (nSPS) is 18.4. The average molecular weight is 276 g/mol. The van der Waals surface area contributed by atoms with Crippen molar-refractivity contribution in [2.45, 2.75) is 40.0 Å². The lowest BCUT2D eigenvalue weighted by Gasteiger charge is -2.40. The molecule has 0 unspecified atom stereocenters. The molecule has 19 heavy (non-hydrogen) atoms. The van der Waals surface area contributed by atoms with Crippen molar-refractivity contribution in [1.29, 1.82) is 0 Å². The molecule has 0 radical (unpaired) electrons. The summed E-state index contributed by atoms with van der Waals surface area (Å²) in [7, 11) is 0. The monoisotopic (exact) mass is 276 g/mol. The molecule has 0 bridgehead atoms. The zero-order valence-electron chi connectivity index (χ0n) is 12.2. The number of piperidine rings is 1. The zero-order chi connectivity index (χ0) is 14.0. The second kappa shape index (κ2) is 5.49. The first-order valence-corrected chi connectivity index (χ1v) is 7.51. The maximum Gasteiger partial charge on any atom is 0.104 e. The lowest BCUT2D eigenvalue weighted by Crippen LogP contribution is -2.38. The number of hydrogen-bond acceptors (Lipinski definition) is 2. The number of aryl methyl sites for hydroxylation is 1. The number of anilines is 1. The fourth-order valence-corrected chi connectivity index (χ4v) is 3.01. The van der Waals surface area contributed by atoms with Crippen LogP contribution in [0, 0.1) is 12.3 Å². The van der Waals surface area contributed by atoms with E-state index in [2.05, 4.69) is 43.9 Å². The van der Waals surface area contributed by atoms with Crippen LogP contribution in [0.1, 0.15) is 44.2 Å². The molecule has 2 rings (SSSR count). The SMILES string of the molecule is CCC1(C)CCN(c2ccc(C(N)=S)c(C)c2)CC1. The Bertz CT molecular complexity index is 474. The van der Waals surface area contributed by atoms with Gasteiger partial charge in [-0.2, -0.15) is 0 Å². The smallest absolute Gasteiger partial charge is 0.104 e. The number of thiocarbonyl (C=S) groups is 1. The van der Waals surface area contributed by atoms with Gasteiger partial charge >= 0.3 is 0 Å². The molecule has 0 aliphatic carbocycles. The van der Waals surface area contributed by atoms with Crippen LogP contribution in [-0.2, 0) is 0 Å². The van der Waals surface area contributed by atoms with Gasteiger partial charge in [0.25, 0.3) is 0 Å². The fourth-order valence-electron chi connectivity index (χ4n) is 2.78. The van der Waals surface area contributed by atoms with E-state index in [-0.39, 0.29) is 0 Å². The van der Waals surface area contributed by atoms with Crippen LogP contribution in [0.3, 0.4) is 0 Å². The highest BCUT2D eigenvalue weighted by Crippen LogP contribution is 2.35. The van der Waals surface area contributed by atoms with Crippen LogP contribution in [0.4, 0.5) is 5.69 Å². The molecule has 0 amide bonds. The Morgan fingerprint density at radius 1 is 1.37 bits per heavy atom. The summed E-state index contributed by atoms with van der Waals surface area (Å²) >= 11 is 5.06. The van der Waals surface area contributed by atoms with Gasteiger partial charge in [-0.05, 0) is 48.9 Å². The number of nitrogens with two attached hydrogens (primary N) is 1. The summed E-state index contributed by atoms with van der Waals surface area (Å²) in [4.78, 5) is 2.97. The molecule has 1 aromatic carbocycles. The Hall–Kier alpha value is -1.09. The zero-order valence-corrected chi connectivity index (χ0v) is 13.0. The van der Waals surface area contributed by atoms with E-state index in [4.69, 9.17) is 18.0 Å². The highest BCUT2D eigenvalue weighted by Gasteiger charge is 2.28. The van der Waals surface area contributed by atoms with Crippen molar-refractivity contribution < 1.29 is 0 Å². The van der Waals surface area contributed by atoms with Crippen molar-refractivity contribution in [3.05, 3.63) is 29.3 Å². The second-order valence-electron chi connectivity index (χ2n) is 6.01. The largest absolute Gasteiger partial charge is 0.389 e. The summed E-state index contributed by atoms with van der Waals surface area (Å²) in [5.41, 5.74) is 9.72. The van der Waals surface area contributed by atoms with Crippen molar-refractivity contribution in [1.82, 2.24) is 0 Å². The third-order valence-corrected chi connectivity index (χ3v) is 4.88. The summed E-state index contributed by atoms with van der Waals surface area (Å²) in [5, 5.41) is 0. The first-order chi connectivity index (χ1) is 8.95. The highest BCUT2D eigenvalue weighted by molar-refractivity contribution is 7.80. The van der Waals surface area contributed by atoms with Crippen molar-refractivity contribution >= 4 is 22.9 Å². The van der Waals surface area contributed by atoms with E-state index in [1.165, 1.54) is 30.5 Å². The van der Waals surface area contributed by atoms with Crippen molar-refractivity contribution in [2.75, 3.05) is 18.0 Å². The molecular formula is C16H24N2S. The van der Waals surface area contributed by atoms with E-state index in [9.17, 15) is 0 Å². The van der Waals surface area contributed by atoms with Gasteiger partial charge in [-0.3, -0.25) is 0 Å². The van der Waals surface area contributed by atoms with E-state index >= 15 is 0 Å². The quantitative estimate of drug-likeness (QED) is 0.855. The van der Waals surface area contributed by atoms with Gasteiger partial charge in [0, 0.05) is 24.3 Å². The molecule has 1 aromatic rings. The van der Waals surface area contributed by atoms with Crippen LogP contribution < -0.4 is 10.6 Å². The third kappa shape index (κ3) is 3.08.